The van der Waals surface area contributed by atoms with Gasteiger partial charge in [0.05, 0.1) is 6.54 Å². The van der Waals surface area contributed by atoms with Crippen molar-refractivity contribution >= 4 is 5.91 Å². The lowest BCUT2D eigenvalue weighted by Crippen LogP contribution is -2.33. The first-order chi connectivity index (χ1) is 13.9. The van der Waals surface area contributed by atoms with E-state index in [0.29, 0.717) is 36.9 Å². The number of carbonyl (C=O) groups excluding carboxylic acids is 1. The average molecular weight is 392 g/mol. The van der Waals surface area contributed by atoms with Gasteiger partial charge in [-0.25, -0.2) is 4.98 Å². The van der Waals surface area contributed by atoms with Crippen LogP contribution in [0.1, 0.15) is 47.1 Å². The van der Waals surface area contributed by atoms with Crippen LogP contribution in [0, 0.1) is 6.92 Å². The summed E-state index contributed by atoms with van der Waals surface area (Å²) >= 11 is 0. The van der Waals surface area contributed by atoms with Gasteiger partial charge in [-0.05, 0) is 30.2 Å². The molecule has 0 spiro atoms. The molecule has 1 amide bonds. The third-order valence-electron chi connectivity index (χ3n) is 5.11. The van der Waals surface area contributed by atoms with Crippen molar-refractivity contribution < 1.29 is 19.1 Å². The minimum absolute atomic E-state index is 0.0594. The molecule has 0 radical (unpaired) electrons. The Morgan fingerprint density at radius 2 is 1.93 bits per heavy atom. The predicted molar refractivity (Wildman–Crippen MR) is 109 cm³/mol. The van der Waals surface area contributed by atoms with E-state index < -0.39 is 0 Å². The van der Waals surface area contributed by atoms with E-state index >= 15 is 0 Å². The van der Waals surface area contributed by atoms with Gasteiger partial charge < -0.3 is 19.2 Å². The molecule has 4 rings (SSSR count). The number of nitrogens with zero attached hydrogens (tertiary/aromatic N) is 2. The molecule has 29 heavy (non-hydrogen) atoms. The minimum atomic E-state index is -0.195. The highest BCUT2D eigenvalue weighted by Gasteiger charge is 2.28. The molecule has 6 nitrogen and oxygen atoms in total. The van der Waals surface area contributed by atoms with E-state index in [1.807, 2.05) is 51.1 Å². The summed E-state index contributed by atoms with van der Waals surface area (Å²) in [5.41, 5.74) is 4.14. The van der Waals surface area contributed by atoms with Gasteiger partial charge in [0, 0.05) is 18.0 Å². The molecular formula is C23H24N2O4. The Morgan fingerprint density at radius 3 is 2.66 bits per heavy atom. The fourth-order valence-electron chi connectivity index (χ4n) is 3.56. The molecule has 1 aliphatic rings. The van der Waals surface area contributed by atoms with E-state index in [1.54, 1.807) is 11.0 Å². The third-order valence-corrected chi connectivity index (χ3v) is 5.11. The Balaban J connectivity index is 1.68. The SMILES string of the molecule is Cc1ccc(-c2cc(O)c3c(c2)CN(C(=O)c2ncoc2C(C)C)CCO3)cc1. The van der Waals surface area contributed by atoms with Crippen molar-refractivity contribution in [3.8, 4) is 22.6 Å². The van der Waals surface area contributed by atoms with Crippen molar-refractivity contribution in [3.63, 3.8) is 0 Å². The highest BCUT2D eigenvalue weighted by molar-refractivity contribution is 5.93. The highest BCUT2D eigenvalue weighted by atomic mass is 16.5. The number of aromatic nitrogens is 1. The van der Waals surface area contributed by atoms with Gasteiger partial charge in [-0.1, -0.05) is 43.7 Å². The number of oxazole rings is 1. The number of carbonyl (C=O) groups is 1. The maximum Gasteiger partial charge on any atom is 0.276 e. The Bertz CT molecular complexity index is 1040. The normalized spacial score (nSPS) is 13.7. The highest BCUT2D eigenvalue weighted by Crippen LogP contribution is 2.38. The smallest absolute Gasteiger partial charge is 0.276 e. The zero-order valence-electron chi connectivity index (χ0n) is 16.8. The van der Waals surface area contributed by atoms with E-state index in [4.69, 9.17) is 9.15 Å². The van der Waals surface area contributed by atoms with Crippen LogP contribution in [0.4, 0.5) is 0 Å². The lowest BCUT2D eigenvalue weighted by Gasteiger charge is -2.19. The fraction of sp³-hybridized carbons (Fsp3) is 0.304. The molecule has 1 N–H and O–H groups in total. The van der Waals surface area contributed by atoms with Crippen LogP contribution in [-0.4, -0.2) is 34.0 Å². The first-order valence-corrected chi connectivity index (χ1v) is 9.72. The second kappa shape index (κ2) is 7.62. The Kier molecular flexibility index (Phi) is 5.01. The molecule has 0 saturated heterocycles. The van der Waals surface area contributed by atoms with Gasteiger partial charge in [-0.15, -0.1) is 0 Å². The molecule has 2 heterocycles. The maximum atomic E-state index is 13.1. The number of phenols is 1. The number of rotatable bonds is 3. The van der Waals surface area contributed by atoms with Gasteiger partial charge in [-0.3, -0.25) is 4.79 Å². The monoisotopic (exact) mass is 392 g/mol. The van der Waals surface area contributed by atoms with Crippen molar-refractivity contribution in [2.24, 2.45) is 0 Å². The van der Waals surface area contributed by atoms with E-state index in [-0.39, 0.29) is 17.6 Å². The molecule has 150 valence electrons. The van der Waals surface area contributed by atoms with Crippen molar-refractivity contribution in [1.82, 2.24) is 9.88 Å². The first kappa shape index (κ1) is 19.1. The third kappa shape index (κ3) is 3.70. The van der Waals surface area contributed by atoms with Gasteiger partial charge in [0.25, 0.3) is 5.91 Å². The number of phenolic OH excluding ortho intramolecular Hbond substituents is 1. The zero-order valence-corrected chi connectivity index (χ0v) is 16.8. The summed E-state index contributed by atoms with van der Waals surface area (Å²) in [7, 11) is 0. The molecule has 2 aromatic carbocycles. The number of ether oxygens (including phenoxy) is 1. The molecule has 1 aromatic heterocycles. The van der Waals surface area contributed by atoms with Gasteiger partial charge in [0.15, 0.2) is 23.6 Å². The number of aryl methyl sites for hydroxylation is 1. The number of amides is 1. The largest absolute Gasteiger partial charge is 0.504 e. The second-order valence-corrected chi connectivity index (χ2v) is 7.64. The molecule has 0 saturated carbocycles. The summed E-state index contributed by atoms with van der Waals surface area (Å²) in [5, 5.41) is 10.5. The van der Waals surface area contributed by atoms with Crippen molar-refractivity contribution in [1.29, 1.82) is 0 Å². The number of hydrogen-bond acceptors (Lipinski definition) is 5. The number of aromatic hydroxyl groups is 1. The summed E-state index contributed by atoms with van der Waals surface area (Å²) in [6, 6.07) is 11.8. The number of fused-ring (bicyclic) bond motifs is 1. The van der Waals surface area contributed by atoms with Crippen LogP contribution in [0.2, 0.25) is 0 Å². The average Bonchev–Trinajstić information content (AvgIpc) is 3.09. The van der Waals surface area contributed by atoms with Crippen LogP contribution < -0.4 is 4.74 Å². The predicted octanol–water partition coefficient (Wildman–Crippen LogP) is 4.51. The molecular weight excluding hydrogens is 368 g/mol. The summed E-state index contributed by atoms with van der Waals surface area (Å²) in [5.74, 6) is 0.956. The molecule has 3 aromatic rings. The van der Waals surface area contributed by atoms with Gasteiger partial charge in [0.1, 0.15) is 12.4 Å². The summed E-state index contributed by atoms with van der Waals surface area (Å²) in [4.78, 5) is 18.9. The summed E-state index contributed by atoms with van der Waals surface area (Å²) in [6.07, 6.45) is 1.31. The van der Waals surface area contributed by atoms with E-state index in [1.165, 1.54) is 12.0 Å². The molecule has 0 fully saturated rings. The van der Waals surface area contributed by atoms with Crippen LogP contribution >= 0.6 is 0 Å². The lowest BCUT2D eigenvalue weighted by molar-refractivity contribution is 0.0725. The molecule has 0 bridgehead atoms. The van der Waals surface area contributed by atoms with Crippen molar-refractivity contribution in [3.05, 3.63) is 65.4 Å². The fourth-order valence-corrected chi connectivity index (χ4v) is 3.56. The van der Waals surface area contributed by atoms with E-state index in [0.717, 1.165) is 16.7 Å². The van der Waals surface area contributed by atoms with Crippen LogP contribution in [0.25, 0.3) is 11.1 Å². The lowest BCUT2D eigenvalue weighted by atomic mass is 10.0. The van der Waals surface area contributed by atoms with Crippen LogP contribution in [0.5, 0.6) is 11.5 Å². The minimum Gasteiger partial charge on any atom is -0.504 e. The summed E-state index contributed by atoms with van der Waals surface area (Å²) in [6.45, 7) is 6.98. The Morgan fingerprint density at radius 1 is 1.17 bits per heavy atom. The molecule has 0 unspecified atom stereocenters. The van der Waals surface area contributed by atoms with Gasteiger partial charge in [0.2, 0.25) is 0 Å². The number of hydrogen-bond donors (Lipinski definition) is 1. The van der Waals surface area contributed by atoms with Crippen LogP contribution in [0.15, 0.2) is 47.2 Å². The second-order valence-electron chi connectivity index (χ2n) is 7.64. The quantitative estimate of drug-likeness (QED) is 0.710. The van der Waals surface area contributed by atoms with Crippen molar-refractivity contribution in [2.45, 2.75) is 33.2 Å². The maximum absolute atomic E-state index is 13.1. The standard InChI is InChI=1S/C23H24N2O4/c1-14(2)21-20(24-13-29-21)23(27)25-8-9-28-22-18(12-25)10-17(11-19(22)26)16-6-4-15(3)5-7-16/h4-7,10-11,13-14,26H,8-9,12H2,1-3H3. The van der Waals surface area contributed by atoms with E-state index in [9.17, 15) is 9.90 Å². The topological polar surface area (TPSA) is 75.8 Å². The van der Waals surface area contributed by atoms with Crippen LogP contribution in [-0.2, 0) is 6.54 Å². The van der Waals surface area contributed by atoms with Crippen LogP contribution in [0.3, 0.4) is 0 Å². The Hall–Kier alpha value is -3.28. The summed E-state index contributed by atoms with van der Waals surface area (Å²) < 4.78 is 11.2. The Labute approximate surface area is 169 Å². The zero-order chi connectivity index (χ0) is 20.5. The van der Waals surface area contributed by atoms with Gasteiger partial charge >= 0.3 is 0 Å². The first-order valence-electron chi connectivity index (χ1n) is 9.72. The molecule has 6 heteroatoms. The van der Waals surface area contributed by atoms with E-state index in [2.05, 4.69) is 4.98 Å². The molecule has 1 aliphatic heterocycles. The number of benzene rings is 2. The van der Waals surface area contributed by atoms with Gasteiger partial charge in [-0.2, -0.15) is 0 Å². The van der Waals surface area contributed by atoms with Crippen molar-refractivity contribution in [2.75, 3.05) is 13.2 Å². The molecule has 0 aliphatic carbocycles. The molecule has 0 atom stereocenters.